The molecule has 1 heterocycles. The van der Waals surface area contributed by atoms with E-state index in [-0.39, 0.29) is 0 Å². The van der Waals surface area contributed by atoms with Gasteiger partial charge in [0.25, 0.3) is 0 Å². The summed E-state index contributed by atoms with van der Waals surface area (Å²) in [6.45, 7) is 4.42. The van der Waals surface area contributed by atoms with Crippen molar-refractivity contribution in [2.75, 3.05) is 20.1 Å². The molecule has 1 aliphatic rings. The van der Waals surface area contributed by atoms with Crippen LogP contribution in [0.1, 0.15) is 32.6 Å². The molecule has 0 amide bonds. The third-order valence-corrected chi connectivity index (χ3v) is 3.18. The van der Waals surface area contributed by atoms with Crippen LogP contribution in [0.5, 0.6) is 0 Å². The maximum atomic E-state index is 5.60. The Bertz CT molecular complexity index is 125. The highest BCUT2D eigenvalue weighted by atomic mass is 15.1. The lowest BCUT2D eigenvalue weighted by Crippen LogP contribution is -2.33. The number of nitrogens with two attached hydrogens (primary N) is 1. The highest BCUT2D eigenvalue weighted by Gasteiger charge is 2.27. The summed E-state index contributed by atoms with van der Waals surface area (Å²) in [6, 6.07) is 0.818. The van der Waals surface area contributed by atoms with Crippen LogP contribution in [0.15, 0.2) is 0 Å². The van der Waals surface area contributed by atoms with Crippen LogP contribution in [-0.2, 0) is 0 Å². The van der Waals surface area contributed by atoms with Crippen LogP contribution >= 0.6 is 0 Å². The van der Waals surface area contributed by atoms with Gasteiger partial charge >= 0.3 is 0 Å². The normalized spacial score (nSPS) is 27.8. The van der Waals surface area contributed by atoms with Crippen LogP contribution in [0.25, 0.3) is 0 Å². The predicted octanol–water partition coefficient (Wildman–Crippen LogP) is 1.46. The molecule has 2 unspecified atom stereocenters. The van der Waals surface area contributed by atoms with Crippen molar-refractivity contribution in [3.05, 3.63) is 0 Å². The maximum absolute atomic E-state index is 5.60. The van der Waals surface area contributed by atoms with E-state index in [0.29, 0.717) is 0 Å². The molecule has 0 aromatic rings. The fourth-order valence-corrected chi connectivity index (χ4v) is 2.41. The quantitative estimate of drug-likeness (QED) is 0.692. The van der Waals surface area contributed by atoms with Crippen LogP contribution in [0.2, 0.25) is 0 Å². The SMILES string of the molecule is CCC(CCN)C1CCCN1C. The second-order valence-corrected chi connectivity index (χ2v) is 3.94. The summed E-state index contributed by atoms with van der Waals surface area (Å²) >= 11 is 0. The number of hydrogen-bond acceptors (Lipinski definition) is 2. The lowest BCUT2D eigenvalue weighted by molar-refractivity contribution is 0.214. The second kappa shape index (κ2) is 4.83. The summed E-state index contributed by atoms with van der Waals surface area (Å²) in [7, 11) is 2.25. The van der Waals surface area contributed by atoms with Gasteiger partial charge in [-0.3, -0.25) is 0 Å². The molecule has 12 heavy (non-hydrogen) atoms. The van der Waals surface area contributed by atoms with Crippen molar-refractivity contribution in [3.63, 3.8) is 0 Å². The molecule has 0 aromatic carbocycles. The lowest BCUT2D eigenvalue weighted by Gasteiger charge is -2.27. The molecule has 2 nitrogen and oxygen atoms in total. The van der Waals surface area contributed by atoms with E-state index in [9.17, 15) is 0 Å². The summed E-state index contributed by atoms with van der Waals surface area (Å²) in [5.74, 6) is 0.836. The number of rotatable bonds is 4. The van der Waals surface area contributed by atoms with E-state index in [1.807, 2.05) is 0 Å². The Morgan fingerprint density at radius 1 is 1.58 bits per heavy atom. The van der Waals surface area contributed by atoms with Gasteiger partial charge in [-0.1, -0.05) is 13.3 Å². The first-order valence-corrected chi connectivity index (χ1v) is 5.20. The Morgan fingerprint density at radius 3 is 2.75 bits per heavy atom. The van der Waals surface area contributed by atoms with Gasteiger partial charge in [-0.05, 0) is 45.3 Å². The van der Waals surface area contributed by atoms with Crippen molar-refractivity contribution >= 4 is 0 Å². The van der Waals surface area contributed by atoms with E-state index in [4.69, 9.17) is 5.73 Å². The van der Waals surface area contributed by atoms with E-state index in [1.165, 1.54) is 32.2 Å². The maximum Gasteiger partial charge on any atom is 0.0121 e. The molecule has 0 bridgehead atoms. The van der Waals surface area contributed by atoms with E-state index in [0.717, 1.165) is 18.5 Å². The third-order valence-electron chi connectivity index (χ3n) is 3.18. The fraction of sp³-hybridized carbons (Fsp3) is 1.00. The molecule has 72 valence electrons. The zero-order valence-electron chi connectivity index (χ0n) is 8.42. The van der Waals surface area contributed by atoms with Crippen LogP contribution in [0.4, 0.5) is 0 Å². The third kappa shape index (κ3) is 2.20. The molecular formula is C10H22N2. The van der Waals surface area contributed by atoms with E-state index in [1.54, 1.807) is 0 Å². The molecule has 0 radical (unpaired) electrons. The summed E-state index contributed by atoms with van der Waals surface area (Å²) in [4.78, 5) is 2.50. The monoisotopic (exact) mass is 170 g/mol. The Kier molecular flexibility index (Phi) is 4.02. The van der Waals surface area contributed by atoms with Crippen molar-refractivity contribution in [1.29, 1.82) is 0 Å². The Labute approximate surface area is 76.1 Å². The van der Waals surface area contributed by atoms with Gasteiger partial charge in [-0.25, -0.2) is 0 Å². The molecule has 2 atom stereocenters. The number of hydrogen-bond donors (Lipinski definition) is 1. The van der Waals surface area contributed by atoms with Crippen molar-refractivity contribution in [2.24, 2.45) is 11.7 Å². The fourth-order valence-electron chi connectivity index (χ4n) is 2.41. The first-order chi connectivity index (χ1) is 5.79. The van der Waals surface area contributed by atoms with Gasteiger partial charge in [-0.2, -0.15) is 0 Å². The smallest absolute Gasteiger partial charge is 0.0121 e. The topological polar surface area (TPSA) is 29.3 Å². The zero-order valence-corrected chi connectivity index (χ0v) is 8.42. The van der Waals surface area contributed by atoms with Crippen LogP contribution in [-0.4, -0.2) is 31.1 Å². The standard InChI is InChI=1S/C10H22N2/c1-3-9(6-7-11)10-5-4-8-12(10)2/h9-10H,3-8,11H2,1-2H3. The van der Waals surface area contributed by atoms with Gasteiger partial charge in [0.2, 0.25) is 0 Å². The first-order valence-electron chi connectivity index (χ1n) is 5.20. The van der Waals surface area contributed by atoms with Crippen molar-refractivity contribution in [3.8, 4) is 0 Å². The summed E-state index contributed by atoms with van der Waals surface area (Å²) in [6.07, 6.45) is 5.24. The molecule has 1 fully saturated rings. The molecular weight excluding hydrogens is 148 g/mol. The largest absolute Gasteiger partial charge is 0.330 e. The van der Waals surface area contributed by atoms with Crippen LogP contribution in [0, 0.1) is 5.92 Å². The number of nitrogens with zero attached hydrogens (tertiary/aromatic N) is 1. The minimum Gasteiger partial charge on any atom is -0.330 e. The van der Waals surface area contributed by atoms with E-state index >= 15 is 0 Å². The highest BCUT2D eigenvalue weighted by molar-refractivity contribution is 4.82. The molecule has 1 aliphatic heterocycles. The molecule has 0 saturated carbocycles. The first kappa shape index (κ1) is 10.0. The van der Waals surface area contributed by atoms with Crippen molar-refractivity contribution in [1.82, 2.24) is 4.90 Å². The lowest BCUT2D eigenvalue weighted by atomic mass is 9.92. The van der Waals surface area contributed by atoms with Crippen LogP contribution in [0.3, 0.4) is 0 Å². The molecule has 1 saturated heterocycles. The predicted molar refractivity (Wildman–Crippen MR) is 53.1 cm³/mol. The van der Waals surface area contributed by atoms with Gasteiger partial charge in [-0.15, -0.1) is 0 Å². The Balaban J connectivity index is 2.41. The molecule has 0 aliphatic carbocycles. The van der Waals surface area contributed by atoms with Gasteiger partial charge in [0, 0.05) is 6.04 Å². The number of likely N-dealkylation sites (tertiary alicyclic amines) is 1. The van der Waals surface area contributed by atoms with E-state index in [2.05, 4.69) is 18.9 Å². The van der Waals surface area contributed by atoms with Crippen molar-refractivity contribution in [2.45, 2.75) is 38.6 Å². The Hall–Kier alpha value is -0.0800. The average Bonchev–Trinajstić information content (AvgIpc) is 2.47. The molecule has 1 rings (SSSR count). The van der Waals surface area contributed by atoms with Gasteiger partial charge in [0.15, 0.2) is 0 Å². The minimum atomic E-state index is 0.818. The van der Waals surface area contributed by atoms with Gasteiger partial charge in [0.05, 0.1) is 0 Å². The minimum absolute atomic E-state index is 0.818. The van der Waals surface area contributed by atoms with Gasteiger partial charge < -0.3 is 10.6 Å². The van der Waals surface area contributed by atoms with Crippen LogP contribution < -0.4 is 5.73 Å². The van der Waals surface area contributed by atoms with Crippen molar-refractivity contribution < 1.29 is 0 Å². The summed E-state index contributed by atoms with van der Waals surface area (Å²) in [5, 5.41) is 0. The van der Waals surface area contributed by atoms with E-state index < -0.39 is 0 Å². The van der Waals surface area contributed by atoms with Gasteiger partial charge in [0.1, 0.15) is 0 Å². The second-order valence-electron chi connectivity index (χ2n) is 3.94. The summed E-state index contributed by atoms with van der Waals surface area (Å²) < 4.78 is 0. The molecule has 0 spiro atoms. The zero-order chi connectivity index (χ0) is 8.97. The molecule has 2 N–H and O–H groups in total. The highest BCUT2D eigenvalue weighted by Crippen LogP contribution is 2.26. The average molecular weight is 170 g/mol. The Morgan fingerprint density at radius 2 is 2.33 bits per heavy atom. The molecule has 0 aromatic heterocycles. The summed E-state index contributed by atoms with van der Waals surface area (Å²) in [5.41, 5.74) is 5.60. The molecule has 2 heteroatoms.